The molecule has 4 nitrogen and oxygen atoms in total. The van der Waals surface area contributed by atoms with Crippen molar-refractivity contribution >= 4 is 17.3 Å². The fourth-order valence-corrected chi connectivity index (χ4v) is 3.00. The third-order valence-electron chi connectivity index (χ3n) is 3.18. The van der Waals surface area contributed by atoms with E-state index in [0.717, 1.165) is 12.1 Å². The van der Waals surface area contributed by atoms with Crippen molar-refractivity contribution in [1.29, 1.82) is 0 Å². The fourth-order valence-electron chi connectivity index (χ4n) is 2.17. The number of ether oxygens (including phenoxy) is 1. The number of esters is 1. The summed E-state index contributed by atoms with van der Waals surface area (Å²) < 4.78 is 4.80. The van der Waals surface area contributed by atoms with Gasteiger partial charge in [-0.1, -0.05) is 30.3 Å². The van der Waals surface area contributed by atoms with Gasteiger partial charge in [-0.3, -0.25) is 4.90 Å². The van der Waals surface area contributed by atoms with Crippen LogP contribution in [0.25, 0.3) is 0 Å². The first-order valence-electron chi connectivity index (χ1n) is 6.76. The number of carbonyl (C=O) groups is 1. The number of benzene rings is 1. The number of aliphatic hydroxyl groups excluding tert-OH is 1. The molecular weight excluding hydrogens is 286 g/mol. The summed E-state index contributed by atoms with van der Waals surface area (Å²) in [5.41, 5.74) is 2.12. The second kappa shape index (κ2) is 7.93. The van der Waals surface area contributed by atoms with Gasteiger partial charge in [-0.05, 0) is 22.6 Å². The molecule has 1 heterocycles. The highest BCUT2D eigenvalue weighted by Crippen LogP contribution is 2.20. The molecule has 2 aromatic rings. The zero-order valence-corrected chi connectivity index (χ0v) is 12.8. The van der Waals surface area contributed by atoms with Gasteiger partial charge in [-0.2, -0.15) is 0 Å². The van der Waals surface area contributed by atoms with Gasteiger partial charge in [0.05, 0.1) is 13.7 Å². The van der Waals surface area contributed by atoms with Gasteiger partial charge in [0.1, 0.15) is 4.88 Å². The molecule has 0 atom stereocenters. The van der Waals surface area contributed by atoms with E-state index in [1.807, 2.05) is 29.6 Å². The number of hydrogen-bond donors (Lipinski definition) is 1. The molecule has 112 valence electrons. The molecule has 0 bridgehead atoms. The van der Waals surface area contributed by atoms with Crippen LogP contribution in [-0.2, 0) is 17.8 Å². The molecule has 1 N–H and O–H groups in total. The molecule has 0 aliphatic rings. The van der Waals surface area contributed by atoms with Crippen molar-refractivity contribution < 1.29 is 14.6 Å². The third-order valence-corrected chi connectivity index (χ3v) is 4.11. The second-order valence-electron chi connectivity index (χ2n) is 4.69. The molecule has 0 fully saturated rings. The zero-order valence-electron chi connectivity index (χ0n) is 12.0. The van der Waals surface area contributed by atoms with Crippen molar-refractivity contribution in [3.05, 3.63) is 57.8 Å². The molecule has 0 saturated carbocycles. The van der Waals surface area contributed by atoms with Crippen LogP contribution >= 0.6 is 11.3 Å². The lowest BCUT2D eigenvalue weighted by atomic mass is 10.2. The van der Waals surface area contributed by atoms with Crippen molar-refractivity contribution in [1.82, 2.24) is 4.90 Å². The Hall–Kier alpha value is -1.69. The van der Waals surface area contributed by atoms with Crippen LogP contribution in [0.4, 0.5) is 0 Å². The maximum atomic E-state index is 11.7. The van der Waals surface area contributed by atoms with E-state index < -0.39 is 0 Å². The Morgan fingerprint density at radius 1 is 1.24 bits per heavy atom. The summed E-state index contributed by atoms with van der Waals surface area (Å²) in [5.74, 6) is -0.302. The highest BCUT2D eigenvalue weighted by atomic mass is 32.1. The average molecular weight is 305 g/mol. The van der Waals surface area contributed by atoms with Gasteiger partial charge < -0.3 is 9.84 Å². The number of carbonyl (C=O) groups excluding carboxylic acids is 1. The molecule has 0 unspecified atom stereocenters. The topological polar surface area (TPSA) is 49.8 Å². The number of thiophene rings is 1. The van der Waals surface area contributed by atoms with Crippen LogP contribution in [0.15, 0.2) is 41.8 Å². The van der Waals surface area contributed by atoms with E-state index in [1.54, 1.807) is 0 Å². The lowest BCUT2D eigenvalue weighted by Gasteiger charge is -2.21. The van der Waals surface area contributed by atoms with Crippen LogP contribution in [0.2, 0.25) is 0 Å². The summed E-state index contributed by atoms with van der Waals surface area (Å²) in [6.45, 7) is 2.00. The molecule has 0 amide bonds. The van der Waals surface area contributed by atoms with Crippen LogP contribution in [0.1, 0.15) is 20.8 Å². The van der Waals surface area contributed by atoms with E-state index in [-0.39, 0.29) is 12.6 Å². The summed E-state index contributed by atoms with van der Waals surface area (Å²) in [6, 6.07) is 12.0. The summed E-state index contributed by atoms with van der Waals surface area (Å²) in [4.78, 5) is 14.5. The molecule has 0 radical (unpaired) electrons. The Morgan fingerprint density at radius 2 is 2.00 bits per heavy atom. The monoisotopic (exact) mass is 305 g/mol. The van der Waals surface area contributed by atoms with Gasteiger partial charge in [-0.15, -0.1) is 11.3 Å². The van der Waals surface area contributed by atoms with Gasteiger partial charge >= 0.3 is 5.97 Å². The average Bonchev–Trinajstić information content (AvgIpc) is 2.96. The third kappa shape index (κ3) is 4.39. The number of methoxy groups -OCH3 is 1. The minimum atomic E-state index is -0.302. The maximum Gasteiger partial charge on any atom is 0.348 e. The Balaban J connectivity index is 2.09. The van der Waals surface area contributed by atoms with Crippen molar-refractivity contribution in [2.75, 3.05) is 20.3 Å². The van der Waals surface area contributed by atoms with Gasteiger partial charge in [0, 0.05) is 19.6 Å². The maximum absolute atomic E-state index is 11.7. The van der Waals surface area contributed by atoms with Crippen LogP contribution in [-0.4, -0.2) is 36.2 Å². The smallest absolute Gasteiger partial charge is 0.348 e. The van der Waals surface area contributed by atoms with Gasteiger partial charge in [0.15, 0.2) is 0 Å². The standard InChI is InChI=1S/C16H19NO3S/c1-20-16(19)15-14(7-10-21-15)12-17(8-9-18)11-13-5-3-2-4-6-13/h2-7,10,18H,8-9,11-12H2,1H3. The molecule has 1 aromatic carbocycles. The highest BCUT2D eigenvalue weighted by molar-refractivity contribution is 7.12. The first-order chi connectivity index (χ1) is 10.2. The lowest BCUT2D eigenvalue weighted by molar-refractivity contribution is 0.0604. The molecule has 0 aliphatic heterocycles. The molecule has 5 heteroatoms. The number of rotatable bonds is 7. The van der Waals surface area contributed by atoms with Crippen molar-refractivity contribution in [2.45, 2.75) is 13.1 Å². The zero-order chi connectivity index (χ0) is 15.1. The Bertz CT molecular complexity index is 568. The van der Waals surface area contributed by atoms with E-state index in [0.29, 0.717) is 18.0 Å². The predicted octanol–water partition coefficient (Wildman–Crippen LogP) is 2.53. The Labute approximate surface area is 128 Å². The Kier molecular flexibility index (Phi) is 5.92. The van der Waals surface area contributed by atoms with Crippen molar-refractivity contribution in [2.24, 2.45) is 0 Å². The predicted molar refractivity (Wildman–Crippen MR) is 83.3 cm³/mol. The number of nitrogens with zero attached hydrogens (tertiary/aromatic N) is 1. The van der Waals surface area contributed by atoms with Gasteiger partial charge in [0.2, 0.25) is 0 Å². The minimum absolute atomic E-state index is 0.0878. The molecule has 21 heavy (non-hydrogen) atoms. The SMILES string of the molecule is COC(=O)c1sccc1CN(CCO)Cc1ccccc1. The summed E-state index contributed by atoms with van der Waals surface area (Å²) in [5, 5.41) is 11.1. The normalized spacial score (nSPS) is 10.8. The summed E-state index contributed by atoms with van der Waals surface area (Å²) in [7, 11) is 1.39. The highest BCUT2D eigenvalue weighted by Gasteiger charge is 2.16. The van der Waals surface area contributed by atoms with E-state index in [4.69, 9.17) is 4.74 Å². The van der Waals surface area contributed by atoms with Crippen LogP contribution < -0.4 is 0 Å². The lowest BCUT2D eigenvalue weighted by Crippen LogP contribution is -2.26. The summed E-state index contributed by atoms with van der Waals surface area (Å²) in [6.07, 6.45) is 0. The van der Waals surface area contributed by atoms with Crippen LogP contribution in [0.3, 0.4) is 0 Å². The number of hydrogen-bond acceptors (Lipinski definition) is 5. The Morgan fingerprint density at radius 3 is 2.67 bits per heavy atom. The number of aliphatic hydroxyl groups is 1. The minimum Gasteiger partial charge on any atom is -0.465 e. The van der Waals surface area contributed by atoms with Crippen molar-refractivity contribution in [3.63, 3.8) is 0 Å². The molecular formula is C16H19NO3S. The van der Waals surface area contributed by atoms with Gasteiger partial charge in [0.25, 0.3) is 0 Å². The first kappa shape index (κ1) is 15.7. The van der Waals surface area contributed by atoms with E-state index in [1.165, 1.54) is 24.0 Å². The van der Waals surface area contributed by atoms with Crippen LogP contribution in [0.5, 0.6) is 0 Å². The van der Waals surface area contributed by atoms with Crippen molar-refractivity contribution in [3.8, 4) is 0 Å². The van der Waals surface area contributed by atoms with E-state index >= 15 is 0 Å². The van der Waals surface area contributed by atoms with E-state index in [2.05, 4.69) is 17.0 Å². The quantitative estimate of drug-likeness (QED) is 0.799. The summed E-state index contributed by atoms with van der Waals surface area (Å²) >= 11 is 1.38. The molecule has 0 saturated heterocycles. The first-order valence-corrected chi connectivity index (χ1v) is 7.64. The molecule has 0 aliphatic carbocycles. The largest absolute Gasteiger partial charge is 0.465 e. The molecule has 0 spiro atoms. The second-order valence-corrected chi connectivity index (χ2v) is 5.60. The molecule has 2 rings (SSSR count). The van der Waals surface area contributed by atoms with E-state index in [9.17, 15) is 9.90 Å². The molecule has 1 aromatic heterocycles. The van der Waals surface area contributed by atoms with Gasteiger partial charge in [-0.25, -0.2) is 4.79 Å². The fraction of sp³-hybridized carbons (Fsp3) is 0.312. The van der Waals surface area contributed by atoms with Crippen LogP contribution in [0, 0.1) is 0 Å².